The number of hydrogen-bond donors (Lipinski definition) is 4. The molecule has 0 saturated carbocycles. The molecule has 22 heavy (non-hydrogen) atoms. The van der Waals surface area contributed by atoms with Crippen LogP contribution in [0.5, 0.6) is 0 Å². The molecule has 0 aliphatic carbocycles. The van der Waals surface area contributed by atoms with E-state index < -0.39 is 18.1 Å². The first-order valence-electron chi connectivity index (χ1n) is 7.04. The van der Waals surface area contributed by atoms with Crippen molar-refractivity contribution in [3.63, 3.8) is 0 Å². The summed E-state index contributed by atoms with van der Waals surface area (Å²) in [7, 11) is 0. The molecule has 2 amide bonds. The molecule has 1 atom stereocenters. The van der Waals surface area contributed by atoms with Gasteiger partial charge in [-0.25, -0.2) is 9.59 Å². The number of nitrogens with zero attached hydrogens (tertiary/aromatic N) is 1. The number of nitrogens with one attached hydrogen (secondary N) is 2. The third-order valence-electron chi connectivity index (χ3n) is 2.65. The summed E-state index contributed by atoms with van der Waals surface area (Å²) in [4.78, 5) is 23.0. The average molecular weight is 347 g/mol. The monoisotopic (exact) mass is 347 g/mol. The second-order valence-corrected chi connectivity index (χ2v) is 6.59. The summed E-state index contributed by atoms with van der Waals surface area (Å²) in [6.07, 6.45) is 2.51. The second kappa shape index (κ2) is 9.65. The summed E-state index contributed by atoms with van der Waals surface area (Å²) < 4.78 is 4.12. The predicted octanol–water partition coefficient (Wildman–Crippen LogP) is 2.63. The third kappa shape index (κ3) is 6.20. The normalized spacial score (nSPS) is 12.0. The summed E-state index contributed by atoms with van der Waals surface area (Å²) in [6.45, 7) is 3.73. The maximum absolute atomic E-state index is 11.6. The smallest absolute Gasteiger partial charge is 0.341 e. The lowest BCUT2D eigenvalue weighted by Crippen LogP contribution is -2.34. The molecule has 0 bridgehead atoms. The Labute approximate surface area is 137 Å². The fraction of sp³-hybridized carbons (Fsp3) is 0.615. The van der Waals surface area contributed by atoms with Crippen molar-refractivity contribution in [2.75, 3.05) is 17.6 Å². The van der Waals surface area contributed by atoms with Crippen LogP contribution in [0.25, 0.3) is 0 Å². The van der Waals surface area contributed by atoms with E-state index in [-0.39, 0.29) is 17.1 Å². The Morgan fingerprint density at radius 1 is 1.41 bits per heavy atom. The molecule has 124 valence electrons. The van der Waals surface area contributed by atoms with Crippen LogP contribution in [0.2, 0.25) is 0 Å². The number of carbonyl (C=O) groups excluding carboxylic acids is 1. The molecule has 1 aromatic heterocycles. The summed E-state index contributed by atoms with van der Waals surface area (Å²) >= 11 is 2.33. The summed E-state index contributed by atoms with van der Waals surface area (Å²) in [5, 5.41) is 24.0. The number of amides is 2. The van der Waals surface area contributed by atoms with Crippen LogP contribution in [0.3, 0.4) is 0 Å². The van der Waals surface area contributed by atoms with Crippen molar-refractivity contribution in [3.05, 3.63) is 5.56 Å². The van der Waals surface area contributed by atoms with Crippen molar-refractivity contribution in [3.8, 4) is 0 Å². The molecule has 0 saturated heterocycles. The number of hydrogen-bond acceptors (Lipinski definition) is 6. The zero-order valence-corrected chi connectivity index (χ0v) is 14.2. The number of aliphatic hydroxyl groups is 1. The molecule has 9 heteroatoms. The number of aliphatic hydroxyl groups excluding tert-OH is 1. The molecule has 1 heterocycles. The van der Waals surface area contributed by atoms with Gasteiger partial charge in [0.1, 0.15) is 15.6 Å². The average Bonchev–Trinajstić information content (AvgIpc) is 2.84. The van der Waals surface area contributed by atoms with Gasteiger partial charge in [0.15, 0.2) is 0 Å². The van der Waals surface area contributed by atoms with Gasteiger partial charge in [0, 0.05) is 6.54 Å². The molecular formula is C13H21N3O4S2. The number of carbonyl (C=O) groups is 2. The number of urea groups is 1. The zero-order chi connectivity index (χ0) is 16.5. The fourth-order valence-electron chi connectivity index (χ4n) is 1.56. The van der Waals surface area contributed by atoms with Crippen molar-refractivity contribution < 1.29 is 19.8 Å². The van der Waals surface area contributed by atoms with Crippen LogP contribution in [0.15, 0.2) is 5.03 Å². The van der Waals surface area contributed by atoms with Crippen LogP contribution < -0.4 is 10.6 Å². The Bertz CT molecular complexity index is 505. The second-order valence-electron chi connectivity index (χ2n) is 4.74. The molecule has 1 aromatic rings. The van der Waals surface area contributed by atoms with Gasteiger partial charge in [0.2, 0.25) is 0 Å². The third-order valence-corrected chi connectivity index (χ3v) is 4.59. The van der Waals surface area contributed by atoms with E-state index in [1.165, 1.54) is 11.8 Å². The van der Waals surface area contributed by atoms with Crippen LogP contribution in [-0.2, 0) is 0 Å². The van der Waals surface area contributed by atoms with Gasteiger partial charge in [-0.2, -0.15) is 4.37 Å². The van der Waals surface area contributed by atoms with E-state index >= 15 is 0 Å². The maximum Gasteiger partial charge on any atom is 0.341 e. The largest absolute Gasteiger partial charge is 0.477 e. The molecule has 0 aromatic carbocycles. The first-order valence-corrected chi connectivity index (χ1v) is 8.80. The first kappa shape index (κ1) is 18.7. The van der Waals surface area contributed by atoms with Crippen LogP contribution in [0.4, 0.5) is 9.80 Å². The molecule has 4 N–H and O–H groups in total. The van der Waals surface area contributed by atoms with E-state index in [9.17, 15) is 14.7 Å². The van der Waals surface area contributed by atoms with E-state index in [1.54, 1.807) is 6.92 Å². The minimum absolute atomic E-state index is 0.0266. The lowest BCUT2D eigenvalue weighted by Gasteiger charge is -2.08. The van der Waals surface area contributed by atoms with E-state index in [2.05, 4.69) is 21.9 Å². The molecule has 0 spiro atoms. The van der Waals surface area contributed by atoms with Crippen molar-refractivity contribution >= 4 is 40.3 Å². The number of aromatic nitrogens is 1. The number of anilines is 1. The molecule has 0 aliphatic rings. The Morgan fingerprint density at radius 3 is 2.73 bits per heavy atom. The topological polar surface area (TPSA) is 112 Å². The predicted molar refractivity (Wildman–Crippen MR) is 88.0 cm³/mol. The van der Waals surface area contributed by atoms with Gasteiger partial charge < -0.3 is 15.5 Å². The lowest BCUT2D eigenvalue weighted by molar-refractivity contribution is 0.0694. The van der Waals surface area contributed by atoms with Gasteiger partial charge in [-0.05, 0) is 30.6 Å². The van der Waals surface area contributed by atoms with Crippen LogP contribution in [-0.4, -0.2) is 45.0 Å². The van der Waals surface area contributed by atoms with E-state index in [4.69, 9.17) is 5.11 Å². The standard InChI is InChI=1S/C13H21N3O4S2/c1-3-4-5-6-21-11-9(12(18)19)10(22-16-11)15-13(20)14-7-8(2)17/h8,17H,3-7H2,1-2H3,(H,18,19)(H2,14,15,20). The molecule has 0 fully saturated rings. The highest BCUT2D eigenvalue weighted by molar-refractivity contribution is 7.99. The summed E-state index contributed by atoms with van der Waals surface area (Å²) in [6, 6.07) is -0.561. The van der Waals surface area contributed by atoms with Gasteiger partial charge in [0.05, 0.1) is 6.10 Å². The summed E-state index contributed by atoms with van der Waals surface area (Å²) in [5.74, 6) is -0.316. The maximum atomic E-state index is 11.6. The van der Waals surface area contributed by atoms with Gasteiger partial charge in [-0.15, -0.1) is 11.8 Å². The summed E-state index contributed by atoms with van der Waals surface area (Å²) in [5.41, 5.74) is 0.0266. The Kier molecular flexibility index (Phi) is 8.21. The minimum atomic E-state index is -1.11. The lowest BCUT2D eigenvalue weighted by atomic mass is 10.3. The Balaban J connectivity index is 2.68. The van der Waals surface area contributed by atoms with Crippen LogP contribution >= 0.6 is 23.3 Å². The number of carboxylic acids is 1. The highest BCUT2D eigenvalue weighted by Gasteiger charge is 2.22. The Morgan fingerprint density at radius 2 is 2.14 bits per heavy atom. The van der Waals surface area contributed by atoms with E-state index in [0.717, 1.165) is 36.5 Å². The molecule has 0 radical (unpaired) electrons. The number of carboxylic acid groups (broad SMARTS) is 1. The van der Waals surface area contributed by atoms with Crippen molar-refractivity contribution in [1.29, 1.82) is 0 Å². The quantitative estimate of drug-likeness (QED) is 0.404. The van der Waals surface area contributed by atoms with Gasteiger partial charge in [-0.3, -0.25) is 5.32 Å². The zero-order valence-electron chi connectivity index (χ0n) is 12.6. The molecule has 7 nitrogen and oxygen atoms in total. The highest BCUT2D eigenvalue weighted by Crippen LogP contribution is 2.32. The molecule has 1 unspecified atom stereocenters. The van der Waals surface area contributed by atoms with Crippen molar-refractivity contribution in [1.82, 2.24) is 9.69 Å². The Hall–Kier alpha value is -1.32. The number of thioether (sulfide) groups is 1. The highest BCUT2D eigenvalue weighted by atomic mass is 32.2. The number of unbranched alkanes of at least 4 members (excludes halogenated alkanes) is 2. The number of aromatic carboxylic acids is 1. The van der Waals surface area contributed by atoms with Crippen LogP contribution in [0, 0.1) is 0 Å². The SMILES string of the molecule is CCCCCSc1nsc(NC(=O)NCC(C)O)c1C(=O)O. The van der Waals surface area contributed by atoms with Gasteiger partial charge in [0.25, 0.3) is 0 Å². The number of rotatable bonds is 9. The van der Waals surface area contributed by atoms with Crippen molar-refractivity contribution in [2.24, 2.45) is 0 Å². The molecular weight excluding hydrogens is 326 g/mol. The van der Waals surface area contributed by atoms with Crippen LogP contribution in [0.1, 0.15) is 43.5 Å². The molecule has 0 aliphatic heterocycles. The van der Waals surface area contributed by atoms with E-state index in [1.807, 2.05) is 0 Å². The molecule has 1 rings (SSSR count). The minimum Gasteiger partial charge on any atom is -0.477 e. The van der Waals surface area contributed by atoms with Gasteiger partial charge in [-0.1, -0.05) is 19.8 Å². The van der Waals surface area contributed by atoms with Crippen molar-refractivity contribution in [2.45, 2.75) is 44.2 Å². The fourth-order valence-corrected chi connectivity index (χ4v) is 3.50. The van der Waals surface area contributed by atoms with E-state index in [0.29, 0.717) is 5.03 Å². The first-order chi connectivity index (χ1) is 10.5. The van der Waals surface area contributed by atoms with Gasteiger partial charge >= 0.3 is 12.0 Å².